The van der Waals surface area contributed by atoms with Crippen LogP contribution in [0, 0.1) is 0 Å². The zero-order chi connectivity index (χ0) is 37.0. The van der Waals surface area contributed by atoms with Gasteiger partial charge in [0.1, 0.15) is 46.1 Å². The van der Waals surface area contributed by atoms with Gasteiger partial charge < -0.3 is 9.11 Å². The molecule has 0 N–H and O–H groups in total. The number of fused-ring (bicyclic) bond motifs is 3. The SMILES string of the molecule is CC(C)[N+](=c1ccccc2c1-c1ccccc1[P+]2(c1ccccc1)c1ccccc1)C(C)C.O=S(=O)([O-])C(F)(F)F.O=S(=O)([O-])C(F)(F)F. The van der Waals surface area contributed by atoms with Crippen molar-refractivity contribution in [3.05, 3.63) is 115 Å². The van der Waals surface area contributed by atoms with Crippen LogP contribution in [0.15, 0.2) is 109 Å². The molecular weight excluding hydrogens is 715 g/mol. The lowest BCUT2D eigenvalue weighted by Crippen LogP contribution is -2.42. The maximum Gasteiger partial charge on any atom is 0.485 e. The minimum atomic E-state index is -6.09. The molecule has 0 saturated heterocycles. The molecule has 5 rings (SSSR count). The Labute approximate surface area is 281 Å². The van der Waals surface area contributed by atoms with E-state index in [1.807, 2.05) is 0 Å². The highest BCUT2D eigenvalue weighted by Crippen LogP contribution is 2.60. The molecule has 0 aromatic heterocycles. The number of alkyl halides is 6. The molecule has 49 heavy (non-hydrogen) atoms. The Morgan fingerprint density at radius 1 is 0.551 bits per heavy atom. The van der Waals surface area contributed by atoms with Crippen LogP contribution in [0.1, 0.15) is 27.7 Å². The summed E-state index contributed by atoms with van der Waals surface area (Å²) >= 11 is 0. The summed E-state index contributed by atoms with van der Waals surface area (Å²) in [5.41, 5.74) is -8.51. The lowest BCUT2D eigenvalue weighted by molar-refractivity contribution is -0.0522. The second-order valence-corrected chi connectivity index (χ2v) is 17.2. The molecule has 0 bridgehead atoms. The van der Waals surface area contributed by atoms with Crippen molar-refractivity contribution in [3.8, 4) is 11.1 Å². The van der Waals surface area contributed by atoms with E-state index in [9.17, 15) is 26.3 Å². The first-order chi connectivity index (χ1) is 22.6. The monoisotopic (exact) mass is 747 g/mol. The summed E-state index contributed by atoms with van der Waals surface area (Å²) in [5.74, 6) is 0. The molecule has 0 saturated carbocycles. The molecule has 4 aromatic rings. The summed E-state index contributed by atoms with van der Waals surface area (Å²) in [6.45, 7) is 9.21. The van der Waals surface area contributed by atoms with Crippen molar-refractivity contribution >= 4 is 48.7 Å². The fourth-order valence-corrected chi connectivity index (χ4v) is 10.3. The molecule has 0 fully saturated rings. The summed E-state index contributed by atoms with van der Waals surface area (Å²) in [4.78, 5) is 0. The van der Waals surface area contributed by atoms with Gasteiger partial charge in [-0.25, -0.2) is 21.4 Å². The van der Waals surface area contributed by atoms with Crippen molar-refractivity contribution in [1.82, 2.24) is 4.58 Å². The van der Waals surface area contributed by atoms with E-state index in [4.69, 9.17) is 25.9 Å². The third-order valence-electron chi connectivity index (χ3n) is 7.27. The number of halogens is 6. The van der Waals surface area contributed by atoms with Crippen LogP contribution in [0.5, 0.6) is 0 Å². The maximum absolute atomic E-state index is 10.7. The molecule has 16 heteroatoms. The minimum Gasteiger partial charge on any atom is -0.741 e. The molecule has 1 aliphatic heterocycles. The van der Waals surface area contributed by atoms with Gasteiger partial charge in [-0.3, -0.25) is 0 Å². The fraction of sp³-hybridized carbons (Fsp3) is 0.242. The van der Waals surface area contributed by atoms with Crippen molar-refractivity contribution in [1.29, 1.82) is 0 Å². The molecule has 7 nitrogen and oxygen atoms in total. The third-order valence-corrected chi connectivity index (χ3v) is 12.8. The number of hydrogen-bond acceptors (Lipinski definition) is 6. The predicted molar refractivity (Wildman–Crippen MR) is 177 cm³/mol. The van der Waals surface area contributed by atoms with Crippen molar-refractivity contribution in [2.24, 2.45) is 0 Å². The first-order valence-corrected chi connectivity index (χ1v) is 19.1. The normalized spacial score (nSPS) is 13.8. The van der Waals surface area contributed by atoms with Gasteiger partial charge in [-0.15, -0.1) is 0 Å². The molecule has 4 aromatic carbocycles. The second kappa shape index (κ2) is 15.1. The Morgan fingerprint density at radius 3 is 1.24 bits per heavy atom. The summed E-state index contributed by atoms with van der Waals surface area (Å²) in [5, 5.41) is 7.10. The highest BCUT2D eigenvalue weighted by Gasteiger charge is 2.56. The smallest absolute Gasteiger partial charge is 0.485 e. The highest BCUT2D eigenvalue weighted by molar-refractivity contribution is 8.02. The number of rotatable bonds is 4. The van der Waals surface area contributed by atoms with E-state index < -0.39 is 38.5 Å². The van der Waals surface area contributed by atoms with Gasteiger partial charge in [-0.05, 0) is 70.2 Å². The molecule has 1 heterocycles. The van der Waals surface area contributed by atoms with Crippen LogP contribution in [-0.2, 0) is 20.2 Å². The quantitative estimate of drug-likeness (QED) is 0.0843. The van der Waals surface area contributed by atoms with E-state index in [1.165, 1.54) is 37.7 Å². The van der Waals surface area contributed by atoms with Crippen LogP contribution in [0.3, 0.4) is 0 Å². The van der Waals surface area contributed by atoms with Gasteiger partial charge in [-0.1, -0.05) is 60.7 Å². The van der Waals surface area contributed by atoms with Gasteiger partial charge in [0.05, 0.1) is 0 Å². The van der Waals surface area contributed by atoms with Crippen LogP contribution in [0.4, 0.5) is 26.3 Å². The first kappa shape index (κ1) is 39.8. The largest absolute Gasteiger partial charge is 0.741 e. The van der Waals surface area contributed by atoms with Gasteiger partial charge in [0.15, 0.2) is 20.2 Å². The molecule has 0 radical (unpaired) electrons. The van der Waals surface area contributed by atoms with Crippen LogP contribution >= 0.6 is 7.26 Å². The molecule has 0 aliphatic carbocycles. The van der Waals surface area contributed by atoms with Gasteiger partial charge in [-0.2, -0.15) is 26.3 Å². The van der Waals surface area contributed by atoms with Crippen molar-refractivity contribution < 1.29 is 52.3 Å². The number of hydrogen-bond donors (Lipinski definition) is 0. The molecule has 0 atom stereocenters. The summed E-state index contributed by atoms with van der Waals surface area (Å²) < 4.78 is 120. The van der Waals surface area contributed by atoms with E-state index in [-0.39, 0.29) is 0 Å². The van der Waals surface area contributed by atoms with Crippen LogP contribution < -0.4 is 31.2 Å². The molecule has 0 unspecified atom stereocenters. The average molecular weight is 748 g/mol. The molecule has 0 amide bonds. The van der Waals surface area contributed by atoms with Gasteiger partial charge in [0.2, 0.25) is 5.36 Å². The third kappa shape index (κ3) is 8.58. The van der Waals surface area contributed by atoms with E-state index in [0.29, 0.717) is 12.1 Å². The Balaban J connectivity index is 0.000000338. The van der Waals surface area contributed by atoms with Gasteiger partial charge in [0, 0.05) is 11.6 Å². The van der Waals surface area contributed by atoms with Crippen LogP contribution in [0.25, 0.3) is 11.1 Å². The van der Waals surface area contributed by atoms with Gasteiger partial charge in [0.25, 0.3) is 0 Å². The number of nitrogens with zero attached hydrogens (tertiary/aromatic N) is 1. The Hall–Kier alpha value is -3.62. The molecule has 1 aliphatic rings. The van der Waals surface area contributed by atoms with E-state index in [1.54, 1.807) is 0 Å². The maximum atomic E-state index is 10.7. The van der Waals surface area contributed by atoms with Crippen molar-refractivity contribution in [2.75, 3.05) is 0 Å². The Bertz CT molecular complexity index is 1960. The average Bonchev–Trinajstić information content (AvgIpc) is 3.11. The zero-order valence-electron chi connectivity index (χ0n) is 26.5. The summed E-state index contributed by atoms with van der Waals surface area (Å²) in [6.07, 6.45) is 0. The van der Waals surface area contributed by atoms with Crippen LogP contribution in [0.2, 0.25) is 0 Å². The lowest BCUT2D eigenvalue weighted by Gasteiger charge is -2.24. The summed E-state index contributed by atoms with van der Waals surface area (Å²) in [6, 6.07) is 41.5. The van der Waals surface area contributed by atoms with E-state index >= 15 is 0 Å². The number of benzene rings is 3. The zero-order valence-corrected chi connectivity index (χ0v) is 29.0. The highest BCUT2D eigenvalue weighted by atomic mass is 32.2. The van der Waals surface area contributed by atoms with E-state index in [0.717, 1.165) is 0 Å². The Morgan fingerprint density at radius 2 is 0.878 bits per heavy atom. The minimum absolute atomic E-state index is 0.408. The second-order valence-electron chi connectivity index (χ2n) is 11.1. The predicted octanol–water partition coefficient (Wildman–Crippen LogP) is 4.98. The Kier molecular flexibility index (Phi) is 12.3. The van der Waals surface area contributed by atoms with Gasteiger partial charge >= 0.3 is 11.0 Å². The first-order valence-electron chi connectivity index (χ1n) is 14.5. The standard InChI is InChI=1S/C31H32NP.2CHF3O3S/c1-23(2)32(24(3)4)28-20-12-14-22-30-31(28)27-19-11-13-21-29(27)33(30,25-15-7-5-8-16-25)26-17-9-6-10-18-26;2*2-1(3,4)8(5,6)7/h5-24H,1-4H3;2*(H,5,6,7)/q+2;;/p-2. The fourth-order valence-electron chi connectivity index (χ4n) is 5.63. The molecule has 0 spiro atoms. The van der Waals surface area contributed by atoms with Crippen molar-refractivity contribution in [3.63, 3.8) is 0 Å². The van der Waals surface area contributed by atoms with Crippen molar-refractivity contribution in [2.45, 2.75) is 50.8 Å². The summed E-state index contributed by atoms with van der Waals surface area (Å²) in [7, 11) is -14.2. The molecular formula is C33H32F6NO6PS2. The lowest BCUT2D eigenvalue weighted by atomic mass is 10.1. The molecule has 264 valence electrons. The van der Waals surface area contributed by atoms with E-state index in [2.05, 4.69) is 141 Å². The topological polar surface area (TPSA) is 117 Å². The van der Waals surface area contributed by atoms with Crippen LogP contribution in [-0.4, -0.2) is 49.0 Å².